The molecule has 1 heterocycles. The van der Waals surface area contributed by atoms with E-state index in [1.165, 1.54) is 18.4 Å². The van der Waals surface area contributed by atoms with Crippen LogP contribution in [-0.4, -0.2) is 17.6 Å². The molecule has 1 aromatic rings. The van der Waals surface area contributed by atoms with Crippen LogP contribution in [0.25, 0.3) is 0 Å². The van der Waals surface area contributed by atoms with Gasteiger partial charge in [-0.05, 0) is 37.9 Å². The molecular formula is C16H28N2O. The van der Waals surface area contributed by atoms with Gasteiger partial charge in [0.1, 0.15) is 5.75 Å². The first-order chi connectivity index (χ1) is 9.12. The maximum atomic E-state index is 5.74. The SMILES string of the molecule is CCNC(c1cncc(OC(C)C)c1)C(CC)CC. The summed E-state index contributed by atoms with van der Waals surface area (Å²) in [6.45, 7) is 11.7. The van der Waals surface area contributed by atoms with Crippen LogP contribution in [0.3, 0.4) is 0 Å². The number of hydrogen-bond donors (Lipinski definition) is 1. The van der Waals surface area contributed by atoms with Crippen molar-refractivity contribution in [1.82, 2.24) is 10.3 Å². The Balaban J connectivity index is 2.94. The summed E-state index contributed by atoms with van der Waals surface area (Å²) < 4.78 is 5.74. The standard InChI is InChI=1S/C16H28N2O/c1-6-13(7-2)16(18-8-3)14-9-15(11-17-10-14)19-12(4)5/h9-13,16,18H,6-8H2,1-5H3. The highest BCUT2D eigenvalue weighted by molar-refractivity contribution is 5.26. The number of hydrogen-bond acceptors (Lipinski definition) is 3. The van der Waals surface area contributed by atoms with Gasteiger partial charge in [-0.25, -0.2) is 0 Å². The molecule has 108 valence electrons. The zero-order valence-corrected chi connectivity index (χ0v) is 12.9. The predicted molar refractivity (Wildman–Crippen MR) is 80.5 cm³/mol. The fourth-order valence-electron chi connectivity index (χ4n) is 2.48. The Kier molecular flexibility index (Phi) is 6.85. The van der Waals surface area contributed by atoms with Crippen molar-refractivity contribution >= 4 is 0 Å². The van der Waals surface area contributed by atoms with Crippen LogP contribution >= 0.6 is 0 Å². The molecule has 19 heavy (non-hydrogen) atoms. The molecule has 0 saturated heterocycles. The minimum absolute atomic E-state index is 0.183. The Morgan fingerprint density at radius 2 is 1.84 bits per heavy atom. The highest BCUT2D eigenvalue weighted by Crippen LogP contribution is 2.28. The van der Waals surface area contributed by atoms with E-state index in [-0.39, 0.29) is 6.10 Å². The first kappa shape index (κ1) is 16.0. The second kappa shape index (κ2) is 8.16. The summed E-state index contributed by atoms with van der Waals surface area (Å²) in [6.07, 6.45) is 6.27. The zero-order valence-electron chi connectivity index (χ0n) is 12.9. The van der Waals surface area contributed by atoms with Crippen LogP contribution in [0, 0.1) is 5.92 Å². The molecule has 1 unspecified atom stereocenters. The molecule has 1 rings (SSSR count). The monoisotopic (exact) mass is 264 g/mol. The summed E-state index contributed by atoms with van der Waals surface area (Å²) in [7, 11) is 0. The number of nitrogens with zero attached hydrogens (tertiary/aromatic N) is 1. The lowest BCUT2D eigenvalue weighted by molar-refractivity contribution is 0.240. The summed E-state index contributed by atoms with van der Waals surface area (Å²) in [6, 6.07) is 2.49. The first-order valence-electron chi connectivity index (χ1n) is 7.47. The van der Waals surface area contributed by atoms with Crippen LogP contribution in [0.4, 0.5) is 0 Å². The minimum atomic E-state index is 0.183. The van der Waals surface area contributed by atoms with Crippen LogP contribution in [0.1, 0.15) is 59.1 Å². The van der Waals surface area contributed by atoms with E-state index >= 15 is 0 Å². The number of nitrogens with one attached hydrogen (secondary N) is 1. The number of pyridine rings is 1. The quantitative estimate of drug-likeness (QED) is 0.772. The van der Waals surface area contributed by atoms with Crippen LogP contribution in [0.15, 0.2) is 18.5 Å². The molecule has 0 bridgehead atoms. The molecule has 0 saturated carbocycles. The van der Waals surface area contributed by atoms with Crippen molar-refractivity contribution in [2.45, 2.75) is 59.6 Å². The maximum absolute atomic E-state index is 5.74. The topological polar surface area (TPSA) is 34.2 Å². The fourth-order valence-corrected chi connectivity index (χ4v) is 2.48. The molecule has 3 heteroatoms. The van der Waals surface area contributed by atoms with Gasteiger partial charge in [0.15, 0.2) is 0 Å². The first-order valence-corrected chi connectivity index (χ1v) is 7.47. The molecule has 0 amide bonds. The number of rotatable bonds is 8. The van der Waals surface area contributed by atoms with Gasteiger partial charge >= 0.3 is 0 Å². The third-order valence-corrected chi connectivity index (χ3v) is 3.41. The average molecular weight is 264 g/mol. The van der Waals surface area contributed by atoms with Gasteiger partial charge in [-0.1, -0.05) is 33.6 Å². The predicted octanol–water partition coefficient (Wildman–Crippen LogP) is 3.96. The van der Waals surface area contributed by atoms with Crippen molar-refractivity contribution in [3.63, 3.8) is 0 Å². The Morgan fingerprint density at radius 1 is 1.16 bits per heavy atom. The largest absolute Gasteiger partial charge is 0.489 e. The number of aromatic nitrogens is 1. The van der Waals surface area contributed by atoms with E-state index in [9.17, 15) is 0 Å². The smallest absolute Gasteiger partial charge is 0.138 e. The van der Waals surface area contributed by atoms with Gasteiger partial charge in [0.25, 0.3) is 0 Å². The summed E-state index contributed by atoms with van der Waals surface area (Å²) in [4.78, 5) is 4.33. The molecule has 0 aliphatic carbocycles. The molecule has 0 aliphatic rings. The van der Waals surface area contributed by atoms with E-state index in [2.05, 4.69) is 37.1 Å². The normalized spacial score (nSPS) is 13.0. The fraction of sp³-hybridized carbons (Fsp3) is 0.688. The molecule has 0 fully saturated rings. The molecule has 1 aromatic heterocycles. The van der Waals surface area contributed by atoms with Gasteiger partial charge in [-0.15, -0.1) is 0 Å². The molecule has 3 nitrogen and oxygen atoms in total. The minimum Gasteiger partial charge on any atom is -0.489 e. The van der Waals surface area contributed by atoms with Crippen molar-refractivity contribution in [3.8, 4) is 5.75 Å². The molecule has 0 radical (unpaired) electrons. The van der Waals surface area contributed by atoms with Crippen LogP contribution in [-0.2, 0) is 0 Å². The lowest BCUT2D eigenvalue weighted by atomic mass is 9.89. The van der Waals surface area contributed by atoms with Crippen LogP contribution in [0.2, 0.25) is 0 Å². The van der Waals surface area contributed by atoms with Crippen LogP contribution < -0.4 is 10.1 Å². The van der Waals surface area contributed by atoms with E-state index in [1.807, 2.05) is 20.0 Å². The molecule has 1 atom stereocenters. The summed E-state index contributed by atoms with van der Waals surface area (Å²) in [5.41, 5.74) is 1.23. The highest BCUT2D eigenvalue weighted by Gasteiger charge is 2.20. The Bertz CT molecular complexity index is 362. The van der Waals surface area contributed by atoms with Gasteiger partial charge < -0.3 is 10.1 Å². The van der Waals surface area contributed by atoms with Crippen molar-refractivity contribution < 1.29 is 4.74 Å². The molecule has 0 aliphatic heterocycles. The Hall–Kier alpha value is -1.09. The van der Waals surface area contributed by atoms with Crippen molar-refractivity contribution in [3.05, 3.63) is 24.0 Å². The van der Waals surface area contributed by atoms with E-state index < -0.39 is 0 Å². The molecule has 1 N–H and O–H groups in total. The number of ether oxygens (including phenoxy) is 1. The zero-order chi connectivity index (χ0) is 14.3. The van der Waals surface area contributed by atoms with E-state index in [1.54, 1.807) is 6.20 Å². The average Bonchev–Trinajstić information content (AvgIpc) is 2.38. The van der Waals surface area contributed by atoms with Gasteiger partial charge in [0.2, 0.25) is 0 Å². The molecule has 0 spiro atoms. The molecule has 0 aromatic carbocycles. The lowest BCUT2D eigenvalue weighted by Gasteiger charge is -2.26. The van der Waals surface area contributed by atoms with E-state index in [0.29, 0.717) is 12.0 Å². The van der Waals surface area contributed by atoms with Crippen LogP contribution in [0.5, 0.6) is 5.75 Å². The van der Waals surface area contributed by atoms with Gasteiger partial charge in [0.05, 0.1) is 12.3 Å². The highest BCUT2D eigenvalue weighted by atomic mass is 16.5. The summed E-state index contributed by atoms with van der Waals surface area (Å²) in [5.74, 6) is 1.50. The van der Waals surface area contributed by atoms with Crippen molar-refractivity contribution in [1.29, 1.82) is 0 Å². The van der Waals surface area contributed by atoms with Gasteiger partial charge in [0, 0.05) is 12.2 Å². The summed E-state index contributed by atoms with van der Waals surface area (Å²) in [5, 5.41) is 3.59. The molecular weight excluding hydrogens is 236 g/mol. The third-order valence-electron chi connectivity index (χ3n) is 3.41. The maximum Gasteiger partial charge on any atom is 0.138 e. The lowest BCUT2D eigenvalue weighted by Crippen LogP contribution is -2.28. The van der Waals surface area contributed by atoms with E-state index in [0.717, 1.165) is 12.3 Å². The second-order valence-electron chi connectivity index (χ2n) is 5.23. The second-order valence-corrected chi connectivity index (χ2v) is 5.23. The Labute approximate surface area is 117 Å². The van der Waals surface area contributed by atoms with Gasteiger partial charge in [-0.3, -0.25) is 4.98 Å². The third kappa shape index (κ3) is 4.83. The van der Waals surface area contributed by atoms with Gasteiger partial charge in [-0.2, -0.15) is 0 Å². The van der Waals surface area contributed by atoms with E-state index in [4.69, 9.17) is 4.74 Å². The summed E-state index contributed by atoms with van der Waals surface area (Å²) >= 11 is 0. The van der Waals surface area contributed by atoms with Crippen molar-refractivity contribution in [2.75, 3.05) is 6.54 Å². The Morgan fingerprint density at radius 3 is 2.37 bits per heavy atom. The van der Waals surface area contributed by atoms with Crippen molar-refractivity contribution in [2.24, 2.45) is 5.92 Å².